The quantitative estimate of drug-likeness (QED) is 0.106. The summed E-state index contributed by atoms with van der Waals surface area (Å²) in [6.07, 6.45) is -10.4. The van der Waals surface area contributed by atoms with Gasteiger partial charge in [0.05, 0.1) is 41.2 Å². The van der Waals surface area contributed by atoms with E-state index in [-0.39, 0.29) is 35.3 Å². The van der Waals surface area contributed by atoms with E-state index in [0.29, 0.717) is 11.0 Å². The van der Waals surface area contributed by atoms with Crippen LogP contribution in [0.15, 0.2) is 95.6 Å². The molecule has 7 rings (SSSR count). The number of rotatable bonds is 10. The maximum atomic E-state index is 16.0. The topological polar surface area (TPSA) is 231 Å². The first-order valence-electron chi connectivity index (χ1n) is 22.7. The van der Waals surface area contributed by atoms with Crippen molar-refractivity contribution in [2.24, 2.45) is 16.7 Å². The summed E-state index contributed by atoms with van der Waals surface area (Å²) in [6.45, 7) is 15.2. The molecule has 0 unspecified atom stereocenters. The zero-order valence-electron chi connectivity index (χ0n) is 40.0. The Morgan fingerprint density at radius 3 is 2.10 bits per heavy atom. The van der Waals surface area contributed by atoms with Gasteiger partial charge in [0.1, 0.15) is 29.5 Å². The number of fused-ring (bicyclic) bond motifs is 6. The second kappa shape index (κ2) is 18.2. The minimum absolute atomic E-state index is 0.0356. The van der Waals surface area contributed by atoms with Crippen molar-refractivity contribution in [1.29, 1.82) is 0 Å². The minimum atomic E-state index is -2.44. The summed E-state index contributed by atoms with van der Waals surface area (Å²) < 4.78 is 36.4. The van der Waals surface area contributed by atoms with Crippen molar-refractivity contribution in [2.45, 2.75) is 142 Å². The number of nitrogens with one attached hydrogen (secondary N) is 1. The van der Waals surface area contributed by atoms with Gasteiger partial charge in [-0.15, -0.1) is 0 Å². The fraction of sp³-hybridized carbons (Fsp3) is 0.500. The molecule has 1 aliphatic heterocycles. The number of allylic oxidation sites excluding steroid dienone is 1. The number of carbonyl (C=O) groups excluding carboxylic acids is 6. The third kappa shape index (κ3) is 8.83. The van der Waals surface area contributed by atoms with Crippen molar-refractivity contribution in [3.63, 3.8) is 0 Å². The Balaban J connectivity index is 1.43. The van der Waals surface area contributed by atoms with E-state index >= 15 is 4.79 Å². The van der Waals surface area contributed by atoms with Crippen molar-refractivity contribution in [1.82, 2.24) is 5.32 Å². The predicted octanol–water partition coefficient (Wildman–Crippen LogP) is 5.87. The zero-order valence-corrected chi connectivity index (χ0v) is 40.0. The standard InChI is InChI=1S/C52H61NO15/c1-27(2)22-34(53-47(61)68-48(5,6)7)39(56)46(60)64-35-25-52(62)43(66-44(58)31-17-12-11-13-18-31)41-50(10,36(55)24-37-51(41,26-63-37)67-29(4)54)42(57)40(38(28(35)3)49(52,8)9)65-45(59)33-21-20-30-16-14-15-19-32(30)23-33/h11-23,34-37,39-41,43,55-56,62H,24-26H2,1-10H3,(H,53,61)/t34-,35-,36-,37+,39+,40+,41-,43-,50+,51-,52+/m0/s1. The molecule has 3 aromatic carbocycles. The van der Waals surface area contributed by atoms with Crippen LogP contribution in [0, 0.1) is 16.7 Å². The first kappa shape index (κ1) is 50.0. The highest BCUT2D eigenvalue weighted by molar-refractivity contribution is 6.00. The molecule has 4 aliphatic rings. The smallest absolute Gasteiger partial charge is 0.408 e. The monoisotopic (exact) mass is 939 g/mol. The van der Waals surface area contributed by atoms with Crippen LogP contribution in [0.25, 0.3) is 10.8 Å². The first-order valence-corrected chi connectivity index (χ1v) is 22.7. The minimum Gasteiger partial charge on any atom is -0.456 e. The van der Waals surface area contributed by atoms with Crippen LogP contribution in [-0.2, 0) is 42.8 Å². The predicted molar refractivity (Wildman–Crippen MR) is 245 cm³/mol. The van der Waals surface area contributed by atoms with Crippen molar-refractivity contribution in [2.75, 3.05) is 6.61 Å². The Morgan fingerprint density at radius 1 is 0.868 bits per heavy atom. The number of Topliss-reactive ketones (excluding diaryl/α,β-unsaturated/α-hetero) is 1. The second-order valence-electron chi connectivity index (χ2n) is 20.4. The van der Waals surface area contributed by atoms with Gasteiger partial charge >= 0.3 is 30.0 Å². The molecule has 0 spiro atoms. The highest BCUT2D eigenvalue weighted by Gasteiger charge is 2.78. The third-order valence-corrected chi connectivity index (χ3v) is 14.1. The van der Waals surface area contributed by atoms with E-state index in [2.05, 4.69) is 5.32 Å². The Morgan fingerprint density at radius 2 is 1.50 bits per heavy atom. The van der Waals surface area contributed by atoms with Gasteiger partial charge in [-0.3, -0.25) is 9.59 Å². The molecule has 3 aliphatic carbocycles. The average molecular weight is 940 g/mol. The van der Waals surface area contributed by atoms with Crippen molar-refractivity contribution in [3.05, 3.63) is 107 Å². The summed E-state index contributed by atoms with van der Waals surface area (Å²) in [5.74, 6) is -6.44. The Bertz CT molecular complexity index is 2570. The molecule has 0 aromatic heterocycles. The van der Waals surface area contributed by atoms with Gasteiger partial charge in [0.25, 0.3) is 0 Å². The molecular weight excluding hydrogens is 879 g/mol. The van der Waals surface area contributed by atoms with Crippen LogP contribution in [0.1, 0.15) is 103 Å². The number of amides is 1. The van der Waals surface area contributed by atoms with Crippen LogP contribution in [0.5, 0.6) is 0 Å². The molecule has 16 nitrogen and oxygen atoms in total. The lowest BCUT2D eigenvalue weighted by Gasteiger charge is -2.67. The molecule has 3 fully saturated rings. The van der Waals surface area contributed by atoms with Crippen LogP contribution in [-0.4, -0.2) is 117 Å². The van der Waals surface area contributed by atoms with Crippen molar-refractivity contribution in [3.8, 4) is 0 Å². The number of benzene rings is 3. The van der Waals surface area contributed by atoms with Gasteiger partial charge in [-0.2, -0.15) is 0 Å². The van der Waals surface area contributed by atoms with Crippen LogP contribution in [0.4, 0.5) is 4.79 Å². The summed E-state index contributed by atoms with van der Waals surface area (Å²) in [5, 5.41) is 41.9. The molecule has 68 heavy (non-hydrogen) atoms. The van der Waals surface area contributed by atoms with E-state index in [1.807, 2.05) is 12.1 Å². The van der Waals surface area contributed by atoms with Gasteiger partial charge in [0.2, 0.25) is 0 Å². The summed E-state index contributed by atoms with van der Waals surface area (Å²) in [5.41, 5.74) is -8.19. The summed E-state index contributed by atoms with van der Waals surface area (Å²) in [4.78, 5) is 85.5. The summed E-state index contributed by atoms with van der Waals surface area (Å²) in [6, 6.07) is 18.6. The van der Waals surface area contributed by atoms with Crippen LogP contribution >= 0.6 is 0 Å². The zero-order chi connectivity index (χ0) is 49.9. The number of esters is 4. The van der Waals surface area contributed by atoms with E-state index in [1.54, 1.807) is 90.9 Å². The van der Waals surface area contributed by atoms with Gasteiger partial charge in [-0.25, -0.2) is 19.2 Å². The number of hydrogen-bond acceptors (Lipinski definition) is 15. The van der Waals surface area contributed by atoms with E-state index < -0.39 is 118 Å². The average Bonchev–Trinajstić information content (AvgIpc) is 3.26. The number of aliphatic hydroxyl groups is 3. The van der Waals surface area contributed by atoms with E-state index in [0.717, 1.165) is 12.3 Å². The van der Waals surface area contributed by atoms with E-state index in [1.165, 1.54) is 38.1 Å². The fourth-order valence-corrected chi connectivity index (χ4v) is 10.7. The van der Waals surface area contributed by atoms with Gasteiger partial charge in [0, 0.05) is 25.2 Å². The number of aliphatic hydroxyl groups excluding tert-OH is 2. The summed E-state index contributed by atoms with van der Waals surface area (Å²) in [7, 11) is 0. The number of hydrogen-bond donors (Lipinski definition) is 4. The molecule has 16 heteroatoms. The molecule has 11 atom stereocenters. The van der Waals surface area contributed by atoms with Gasteiger partial charge < -0.3 is 49.1 Å². The Kier molecular flexibility index (Phi) is 13.4. The van der Waals surface area contributed by atoms with Crippen LogP contribution < -0.4 is 5.32 Å². The normalized spacial score (nSPS) is 30.3. The lowest BCUT2D eigenvalue weighted by atomic mass is 9.44. The molecule has 4 N–H and O–H groups in total. The highest BCUT2D eigenvalue weighted by Crippen LogP contribution is 2.64. The molecule has 1 heterocycles. The molecular formula is C52H61NO15. The van der Waals surface area contributed by atoms with Gasteiger partial charge in [0.15, 0.2) is 23.6 Å². The number of ether oxygens (including phenoxy) is 6. The number of carbonyl (C=O) groups is 6. The Labute approximate surface area is 394 Å². The van der Waals surface area contributed by atoms with Crippen molar-refractivity contribution < 1.29 is 72.5 Å². The highest BCUT2D eigenvalue weighted by atomic mass is 16.6. The maximum Gasteiger partial charge on any atom is 0.408 e. The maximum absolute atomic E-state index is 16.0. The number of alkyl carbamates (subject to hydrolysis) is 1. The van der Waals surface area contributed by atoms with E-state index in [9.17, 15) is 39.3 Å². The molecule has 3 aromatic rings. The summed E-state index contributed by atoms with van der Waals surface area (Å²) >= 11 is 0. The fourth-order valence-electron chi connectivity index (χ4n) is 10.7. The van der Waals surface area contributed by atoms with Gasteiger partial charge in [-0.05, 0) is 94.7 Å². The molecule has 2 bridgehead atoms. The molecule has 2 saturated carbocycles. The number of ketones is 1. The molecule has 364 valence electrons. The van der Waals surface area contributed by atoms with Gasteiger partial charge in [-0.1, -0.05) is 74.0 Å². The van der Waals surface area contributed by atoms with Crippen LogP contribution in [0.3, 0.4) is 0 Å². The molecule has 1 saturated heterocycles. The Hall–Kier alpha value is -5.94. The second-order valence-corrected chi connectivity index (χ2v) is 20.4. The van der Waals surface area contributed by atoms with Crippen LogP contribution in [0.2, 0.25) is 0 Å². The van der Waals surface area contributed by atoms with E-state index in [4.69, 9.17) is 28.4 Å². The SMILES string of the molecule is CC(=O)O[C@@]12CO[C@@H]1C[C@H](O)[C@@]1(C)C(=O)[C@H](OC(=O)c3ccc4ccccc4c3)C3=C(C)[C@@H](OC(=O)[C@H](O)[C@H](C=C(C)C)NC(=O)OC(C)(C)C)C[C@@](O)([C@@H](OC(=O)c4ccccc4)[C@H]21)C3(C)C. The lowest BCUT2D eigenvalue weighted by molar-refractivity contribution is -0.345. The largest absolute Gasteiger partial charge is 0.456 e. The van der Waals surface area contributed by atoms with Crippen molar-refractivity contribution >= 4 is 46.5 Å². The third-order valence-electron chi connectivity index (χ3n) is 14.1. The lowest BCUT2D eigenvalue weighted by Crippen LogP contribution is -2.82. The first-order chi connectivity index (χ1) is 31.7. The molecule has 1 amide bonds. The molecule has 0 radical (unpaired) electrons.